The number of carbonyl (C=O) groups is 2. The first kappa shape index (κ1) is 17.2. The maximum absolute atomic E-state index is 11.7. The topological polar surface area (TPSA) is 84.2 Å². The summed E-state index contributed by atoms with van der Waals surface area (Å²) in [6, 6.07) is -0.981. The third-order valence-electron chi connectivity index (χ3n) is 2.72. The van der Waals surface area contributed by atoms with Crippen LogP contribution in [-0.2, 0) is 9.59 Å². The average Bonchev–Trinajstić information content (AvgIpc) is 2.35. The van der Waals surface area contributed by atoms with Gasteiger partial charge in [-0.25, -0.2) is 0 Å². The second kappa shape index (κ2) is 9.22. The van der Waals surface area contributed by atoms with Crippen molar-refractivity contribution in [2.45, 2.75) is 51.7 Å². The van der Waals surface area contributed by atoms with Crippen molar-refractivity contribution in [1.82, 2.24) is 10.6 Å². The highest BCUT2D eigenvalue weighted by atomic mass is 32.2. The highest BCUT2D eigenvalue weighted by Crippen LogP contribution is 1.99. The van der Waals surface area contributed by atoms with Crippen LogP contribution in [0.25, 0.3) is 0 Å². The van der Waals surface area contributed by atoms with Crippen LogP contribution in [0.2, 0.25) is 0 Å². The number of amides is 2. The van der Waals surface area contributed by atoms with E-state index in [9.17, 15) is 9.59 Å². The van der Waals surface area contributed by atoms with E-state index in [4.69, 9.17) is 5.73 Å². The summed E-state index contributed by atoms with van der Waals surface area (Å²) in [5.74, 6) is 0.396. The number of nitrogens with two attached hydrogens (primary N) is 1. The van der Waals surface area contributed by atoms with E-state index >= 15 is 0 Å². The fourth-order valence-electron chi connectivity index (χ4n) is 1.23. The van der Waals surface area contributed by atoms with Crippen molar-refractivity contribution in [2.75, 3.05) is 12.0 Å². The predicted octanol–water partition coefficient (Wildman–Crippen LogP) is 0.486. The van der Waals surface area contributed by atoms with Gasteiger partial charge in [-0.2, -0.15) is 11.8 Å². The van der Waals surface area contributed by atoms with Crippen LogP contribution in [-0.4, -0.2) is 41.9 Å². The molecular weight excluding hydrogens is 250 g/mol. The smallest absolute Gasteiger partial charge is 0.242 e. The van der Waals surface area contributed by atoms with Crippen LogP contribution in [0.5, 0.6) is 0 Å². The Balaban J connectivity index is 4.09. The third-order valence-corrected chi connectivity index (χ3v) is 3.37. The molecule has 0 aliphatic heterocycles. The van der Waals surface area contributed by atoms with E-state index in [0.717, 1.165) is 12.2 Å². The zero-order chi connectivity index (χ0) is 14.1. The third kappa shape index (κ3) is 6.86. The molecule has 0 aromatic carbocycles. The molecule has 5 nitrogen and oxygen atoms in total. The van der Waals surface area contributed by atoms with Crippen LogP contribution < -0.4 is 16.4 Å². The van der Waals surface area contributed by atoms with Gasteiger partial charge in [0.15, 0.2) is 0 Å². The molecule has 6 heteroatoms. The SMILES string of the molecule is CCC(C)NC(=O)C(C)NC(=O)[C@@H](N)CCSC. The lowest BCUT2D eigenvalue weighted by atomic mass is 10.2. The van der Waals surface area contributed by atoms with E-state index < -0.39 is 12.1 Å². The van der Waals surface area contributed by atoms with Gasteiger partial charge in [-0.05, 0) is 38.7 Å². The first-order chi connectivity index (χ1) is 8.42. The van der Waals surface area contributed by atoms with Crippen molar-refractivity contribution in [3.8, 4) is 0 Å². The van der Waals surface area contributed by atoms with E-state index in [0.29, 0.717) is 6.42 Å². The van der Waals surface area contributed by atoms with Gasteiger partial charge >= 0.3 is 0 Å². The van der Waals surface area contributed by atoms with Gasteiger partial charge in [0.1, 0.15) is 6.04 Å². The molecule has 0 saturated heterocycles. The second-order valence-electron chi connectivity index (χ2n) is 4.44. The van der Waals surface area contributed by atoms with Gasteiger partial charge in [0.05, 0.1) is 6.04 Å². The Morgan fingerprint density at radius 1 is 1.22 bits per heavy atom. The summed E-state index contributed by atoms with van der Waals surface area (Å²) in [7, 11) is 0. The van der Waals surface area contributed by atoms with Gasteiger partial charge in [0.25, 0.3) is 0 Å². The van der Waals surface area contributed by atoms with Gasteiger partial charge in [-0.3, -0.25) is 9.59 Å². The largest absolute Gasteiger partial charge is 0.352 e. The summed E-state index contributed by atoms with van der Waals surface area (Å²) in [6.07, 6.45) is 3.44. The number of nitrogens with one attached hydrogen (secondary N) is 2. The first-order valence-corrected chi connectivity index (χ1v) is 7.67. The minimum atomic E-state index is -0.549. The number of hydrogen-bond acceptors (Lipinski definition) is 4. The lowest BCUT2D eigenvalue weighted by molar-refractivity contribution is -0.129. The Bertz CT molecular complexity index is 274. The van der Waals surface area contributed by atoms with E-state index in [1.54, 1.807) is 18.7 Å². The van der Waals surface area contributed by atoms with E-state index in [1.165, 1.54) is 0 Å². The predicted molar refractivity (Wildman–Crippen MR) is 76.5 cm³/mol. The standard InChI is InChI=1S/C12H25N3O2S/c1-5-8(2)14-11(16)9(3)15-12(17)10(13)6-7-18-4/h8-10H,5-7,13H2,1-4H3,(H,14,16)(H,15,17)/t8?,9?,10-/m0/s1. The van der Waals surface area contributed by atoms with Crippen LogP contribution in [0, 0.1) is 0 Å². The molecule has 0 radical (unpaired) electrons. The first-order valence-electron chi connectivity index (χ1n) is 6.27. The molecule has 18 heavy (non-hydrogen) atoms. The number of rotatable bonds is 8. The van der Waals surface area contributed by atoms with Gasteiger partial charge in [-0.1, -0.05) is 6.92 Å². The molecule has 0 fully saturated rings. The van der Waals surface area contributed by atoms with E-state index in [1.807, 2.05) is 20.1 Å². The minimum absolute atomic E-state index is 0.113. The molecular formula is C12H25N3O2S. The van der Waals surface area contributed by atoms with Crippen molar-refractivity contribution in [2.24, 2.45) is 5.73 Å². The summed E-state index contributed by atoms with van der Waals surface area (Å²) in [4.78, 5) is 23.4. The van der Waals surface area contributed by atoms with Crippen molar-refractivity contribution in [3.05, 3.63) is 0 Å². The summed E-state index contributed by atoms with van der Waals surface area (Å²) < 4.78 is 0. The van der Waals surface area contributed by atoms with Crippen molar-refractivity contribution in [3.63, 3.8) is 0 Å². The number of hydrogen-bond donors (Lipinski definition) is 3. The molecule has 3 atom stereocenters. The molecule has 0 rings (SSSR count). The molecule has 0 spiro atoms. The van der Waals surface area contributed by atoms with Crippen LogP contribution in [0.4, 0.5) is 0 Å². The Labute approximate surface area is 114 Å². The fourth-order valence-corrected chi connectivity index (χ4v) is 1.72. The summed E-state index contributed by atoms with van der Waals surface area (Å²) >= 11 is 1.64. The van der Waals surface area contributed by atoms with Gasteiger partial charge < -0.3 is 16.4 Å². The zero-order valence-electron chi connectivity index (χ0n) is 11.7. The molecule has 0 aromatic rings. The van der Waals surface area contributed by atoms with Crippen LogP contribution >= 0.6 is 11.8 Å². The quantitative estimate of drug-likeness (QED) is 0.602. The summed E-state index contributed by atoms with van der Waals surface area (Å²) in [6.45, 7) is 5.58. The average molecular weight is 275 g/mol. The molecule has 2 amide bonds. The Morgan fingerprint density at radius 2 is 1.83 bits per heavy atom. The van der Waals surface area contributed by atoms with Gasteiger partial charge in [0, 0.05) is 6.04 Å². The maximum atomic E-state index is 11.7. The van der Waals surface area contributed by atoms with Gasteiger partial charge in [-0.15, -0.1) is 0 Å². The second-order valence-corrected chi connectivity index (χ2v) is 5.42. The normalized spacial score (nSPS) is 15.6. The lowest BCUT2D eigenvalue weighted by Crippen LogP contribution is -2.51. The monoisotopic (exact) mass is 275 g/mol. The lowest BCUT2D eigenvalue weighted by Gasteiger charge is -2.19. The van der Waals surface area contributed by atoms with Crippen LogP contribution in [0.1, 0.15) is 33.6 Å². The molecule has 0 aliphatic carbocycles. The Hall–Kier alpha value is -0.750. The molecule has 0 aromatic heterocycles. The maximum Gasteiger partial charge on any atom is 0.242 e. The molecule has 0 heterocycles. The molecule has 0 aliphatic rings. The fraction of sp³-hybridized carbons (Fsp3) is 0.833. The van der Waals surface area contributed by atoms with E-state index in [-0.39, 0.29) is 17.9 Å². The summed E-state index contributed by atoms with van der Waals surface area (Å²) in [5, 5.41) is 5.45. The minimum Gasteiger partial charge on any atom is -0.352 e. The molecule has 0 saturated carbocycles. The van der Waals surface area contributed by atoms with Crippen molar-refractivity contribution >= 4 is 23.6 Å². The van der Waals surface area contributed by atoms with Crippen LogP contribution in [0.3, 0.4) is 0 Å². The Morgan fingerprint density at radius 3 is 2.33 bits per heavy atom. The number of thioether (sulfide) groups is 1. The highest BCUT2D eigenvalue weighted by Gasteiger charge is 2.20. The molecule has 0 bridgehead atoms. The van der Waals surface area contributed by atoms with Crippen molar-refractivity contribution < 1.29 is 9.59 Å². The molecule has 2 unspecified atom stereocenters. The van der Waals surface area contributed by atoms with Crippen LogP contribution in [0.15, 0.2) is 0 Å². The van der Waals surface area contributed by atoms with Crippen molar-refractivity contribution in [1.29, 1.82) is 0 Å². The Kier molecular flexibility index (Phi) is 8.83. The summed E-state index contributed by atoms with van der Waals surface area (Å²) in [5.41, 5.74) is 5.72. The van der Waals surface area contributed by atoms with Gasteiger partial charge in [0.2, 0.25) is 11.8 Å². The highest BCUT2D eigenvalue weighted by molar-refractivity contribution is 7.98. The van der Waals surface area contributed by atoms with E-state index in [2.05, 4.69) is 10.6 Å². The molecule has 4 N–H and O–H groups in total. The molecule has 106 valence electrons. The zero-order valence-corrected chi connectivity index (χ0v) is 12.5. The number of carbonyl (C=O) groups excluding carboxylic acids is 2.